The Balaban J connectivity index is 1.71. The number of amides is 1. The van der Waals surface area contributed by atoms with Crippen LogP contribution in [0.15, 0.2) is 60.7 Å². The molecule has 0 atom stereocenters. The zero-order valence-electron chi connectivity index (χ0n) is 18.6. The Labute approximate surface area is 208 Å². The lowest BCUT2D eigenvalue weighted by Crippen LogP contribution is -2.24. The number of carboxylic acids is 1. The Morgan fingerprint density at radius 1 is 0.941 bits per heavy atom. The number of carbonyl (C=O) groups is 2. The highest BCUT2D eigenvalue weighted by atomic mass is 35.5. The number of carbonyl (C=O) groups excluding carboxylic acids is 1. The van der Waals surface area contributed by atoms with Crippen LogP contribution in [0.4, 0.5) is 4.79 Å². The number of hydrogen-bond donors (Lipinski definition) is 2. The molecule has 3 rings (SSSR count). The minimum Gasteiger partial charge on any atom is -0.493 e. The molecule has 6 nitrogen and oxygen atoms in total. The largest absolute Gasteiger partial charge is 0.493 e. The summed E-state index contributed by atoms with van der Waals surface area (Å²) in [7, 11) is 0. The second kappa shape index (κ2) is 12.3. The molecule has 178 valence electrons. The number of nitrogens with one attached hydrogen (secondary N) is 1. The van der Waals surface area contributed by atoms with Crippen molar-refractivity contribution >= 4 is 35.3 Å². The first-order chi connectivity index (χ1) is 16.4. The van der Waals surface area contributed by atoms with Crippen LogP contribution in [0.1, 0.15) is 30.0 Å². The number of benzene rings is 3. The van der Waals surface area contributed by atoms with Crippen LogP contribution < -0.4 is 10.1 Å². The lowest BCUT2D eigenvalue weighted by atomic mass is 9.99. The summed E-state index contributed by atoms with van der Waals surface area (Å²) in [6, 6.07) is 18.1. The fourth-order valence-electron chi connectivity index (χ4n) is 3.28. The van der Waals surface area contributed by atoms with Crippen molar-refractivity contribution in [2.45, 2.75) is 32.9 Å². The van der Waals surface area contributed by atoms with Gasteiger partial charge >= 0.3 is 12.1 Å². The Morgan fingerprint density at radius 2 is 1.74 bits per heavy atom. The number of halogens is 2. The molecule has 0 aliphatic carbocycles. The number of rotatable bonds is 10. The second-order valence-electron chi connectivity index (χ2n) is 7.62. The van der Waals surface area contributed by atoms with Crippen LogP contribution in [0.25, 0.3) is 11.1 Å². The lowest BCUT2D eigenvalue weighted by Gasteiger charge is -2.14. The number of ether oxygens (including phenoxy) is 2. The zero-order chi connectivity index (χ0) is 24.5. The fraction of sp³-hybridized carbons (Fsp3) is 0.231. The maximum atomic E-state index is 12.3. The summed E-state index contributed by atoms with van der Waals surface area (Å²) in [5, 5.41) is 12.7. The van der Waals surface area contributed by atoms with Gasteiger partial charge in [-0.1, -0.05) is 66.5 Å². The van der Waals surface area contributed by atoms with Gasteiger partial charge in [-0.2, -0.15) is 0 Å². The summed E-state index contributed by atoms with van der Waals surface area (Å²) in [6.45, 7) is 2.81. The molecule has 0 aromatic heterocycles. The van der Waals surface area contributed by atoms with Crippen molar-refractivity contribution in [1.29, 1.82) is 0 Å². The van der Waals surface area contributed by atoms with Gasteiger partial charge in [0.2, 0.25) is 0 Å². The highest BCUT2D eigenvalue weighted by Crippen LogP contribution is 2.28. The first kappa shape index (κ1) is 25.4. The molecule has 0 saturated carbocycles. The smallest absolute Gasteiger partial charge is 0.407 e. The van der Waals surface area contributed by atoms with E-state index in [-0.39, 0.29) is 19.6 Å². The van der Waals surface area contributed by atoms with Gasteiger partial charge in [0.15, 0.2) is 0 Å². The molecule has 0 spiro atoms. The van der Waals surface area contributed by atoms with Crippen molar-refractivity contribution in [3.63, 3.8) is 0 Å². The molecule has 0 radical (unpaired) electrons. The van der Waals surface area contributed by atoms with Crippen molar-refractivity contribution in [3.8, 4) is 16.9 Å². The van der Waals surface area contributed by atoms with Gasteiger partial charge < -0.3 is 19.9 Å². The van der Waals surface area contributed by atoms with E-state index in [0.717, 1.165) is 28.7 Å². The first-order valence-corrected chi connectivity index (χ1v) is 11.5. The summed E-state index contributed by atoms with van der Waals surface area (Å²) in [6.07, 6.45) is 0.212. The average Bonchev–Trinajstić information content (AvgIpc) is 2.82. The number of carboxylic acid groups (broad SMARTS) is 1. The molecular formula is C26H25Cl2NO5. The number of aliphatic carboxylic acids is 1. The third kappa shape index (κ3) is 7.40. The van der Waals surface area contributed by atoms with Crippen LogP contribution in [0.5, 0.6) is 5.75 Å². The van der Waals surface area contributed by atoms with Crippen molar-refractivity contribution in [2.24, 2.45) is 0 Å². The summed E-state index contributed by atoms with van der Waals surface area (Å²) in [5.74, 6) is -0.221. The topological polar surface area (TPSA) is 84.9 Å². The molecule has 0 bridgehead atoms. The van der Waals surface area contributed by atoms with Gasteiger partial charge in [-0.05, 0) is 52.9 Å². The van der Waals surface area contributed by atoms with E-state index in [9.17, 15) is 9.59 Å². The minimum atomic E-state index is -0.885. The van der Waals surface area contributed by atoms with Crippen LogP contribution in [-0.4, -0.2) is 23.8 Å². The summed E-state index contributed by atoms with van der Waals surface area (Å²) >= 11 is 11.9. The van der Waals surface area contributed by atoms with Crippen molar-refractivity contribution in [1.82, 2.24) is 5.32 Å². The van der Waals surface area contributed by atoms with Crippen molar-refractivity contribution in [2.75, 3.05) is 6.61 Å². The van der Waals surface area contributed by atoms with E-state index in [4.69, 9.17) is 37.8 Å². The highest BCUT2D eigenvalue weighted by molar-refractivity contribution is 6.42. The van der Waals surface area contributed by atoms with E-state index in [2.05, 4.69) is 5.32 Å². The van der Waals surface area contributed by atoms with E-state index in [1.165, 1.54) is 0 Å². The minimum absolute atomic E-state index is 0.0510. The van der Waals surface area contributed by atoms with Crippen LogP contribution in [-0.2, 0) is 29.1 Å². The van der Waals surface area contributed by atoms with E-state index < -0.39 is 12.1 Å². The number of hydrogen-bond acceptors (Lipinski definition) is 4. The Bertz CT molecular complexity index is 1170. The zero-order valence-corrected chi connectivity index (χ0v) is 20.2. The van der Waals surface area contributed by atoms with Gasteiger partial charge in [0.25, 0.3) is 0 Å². The molecule has 2 N–H and O–H groups in total. The molecule has 0 aliphatic rings. The van der Waals surface area contributed by atoms with E-state index in [1.54, 1.807) is 24.3 Å². The van der Waals surface area contributed by atoms with E-state index in [0.29, 0.717) is 28.0 Å². The highest BCUT2D eigenvalue weighted by Gasteiger charge is 2.11. The van der Waals surface area contributed by atoms with Gasteiger partial charge in [0.1, 0.15) is 12.4 Å². The SMILES string of the molecule is CCCOc1ccc(-c2cccc(CC(=O)O)c2)cc1CNC(=O)OCc1ccc(Cl)c(Cl)c1. The van der Waals surface area contributed by atoms with Crippen molar-refractivity contribution < 1.29 is 24.2 Å². The Morgan fingerprint density at radius 3 is 2.47 bits per heavy atom. The predicted octanol–water partition coefficient (Wildman–Crippen LogP) is 6.50. The monoisotopic (exact) mass is 501 g/mol. The summed E-state index contributed by atoms with van der Waals surface area (Å²) < 4.78 is 11.1. The van der Waals surface area contributed by atoms with Gasteiger partial charge in [-0.3, -0.25) is 4.79 Å². The quantitative estimate of drug-likeness (QED) is 0.331. The van der Waals surface area contributed by atoms with Crippen LogP contribution in [0.3, 0.4) is 0 Å². The molecule has 0 unspecified atom stereocenters. The van der Waals surface area contributed by atoms with Gasteiger partial charge in [0, 0.05) is 12.1 Å². The van der Waals surface area contributed by atoms with Gasteiger partial charge in [-0.25, -0.2) is 4.79 Å². The van der Waals surface area contributed by atoms with Crippen LogP contribution >= 0.6 is 23.2 Å². The molecule has 0 aliphatic heterocycles. The maximum absolute atomic E-state index is 12.3. The second-order valence-corrected chi connectivity index (χ2v) is 8.43. The van der Waals surface area contributed by atoms with Gasteiger partial charge in [-0.15, -0.1) is 0 Å². The molecule has 0 fully saturated rings. The molecular weight excluding hydrogens is 477 g/mol. The lowest BCUT2D eigenvalue weighted by molar-refractivity contribution is -0.136. The predicted molar refractivity (Wildman–Crippen MR) is 132 cm³/mol. The third-order valence-corrected chi connectivity index (χ3v) is 5.65. The van der Waals surface area contributed by atoms with Crippen LogP contribution in [0, 0.1) is 0 Å². The number of alkyl carbamates (subject to hydrolysis) is 1. The van der Waals surface area contributed by atoms with E-state index >= 15 is 0 Å². The Kier molecular flexibility index (Phi) is 9.19. The summed E-state index contributed by atoms with van der Waals surface area (Å²) in [5.41, 5.74) is 3.98. The van der Waals surface area contributed by atoms with Gasteiger partial charge in [0.05, 0.1) is 23.1 Å². The fourth-order valence-corrected chi connectivity index (χ4v) is 3.60. The standard InChI is InChI=1S/C26H25Cl2NO5/c1-2-10-33-24-9-7-20(19-5-3-4-17(11-19)13-25(30)31)14-21(24)15-29-26(32)34-16-18-6-8-22(27)23(28)12-18/h3-9,11-12,14H,2,10,13,15-16H2,1H3,(H,29,32)(H,30,31). The molecule has 3 aromatic rings. The summed E-state index contributed by atoms with van der Waals surface area (Å²) in [4.78, 5) is 23.3. The van der Waals surface area contributed by atoms with Crippen LogP contribution in [0.2, 0.25) is 10.0 Å². The molecule has 8 heteroatoms. The third-order valence-electron chi connectivity index (χ3n) is 4.91. The first-order valence-electron chi connectivity index (χ1n) is 10.8. The molecule has 0 heterocycles. The molecule has 0 saturated heterocycles. The Hall–Kier alpha value is -3.22. The maximum Gasteiger partial charge on any atom is 0.407 e. The normalized spacial score (nSPS) is 10.6. The van der Waals surface area contributed by atoms with E-state index in [1.807, 2.05) is 43.3 Å². The molecule has 3 aromatic carbocycles. The van der Waals surface area contributed by atoms with Crippen molar-refractivity contribution in [3.05, 3.63) is 87.4 Å². The average molecular weight is 502 g/mol. The molecule has 1 amide bonds. The molecule has 34 heavy (non-hydrogen) atoms.